The first-order valence-corrected chi connectivity index (χ1v) is 7.66. The topological polar surface area (TPSA) is 93.1 Å². The lowest BCUT2D eigenvalue weighted by Gasteiger charge is -2.33. The molecule has 0 radical (unpaired) electrons. The second-order valence-electron chi connectivity index (χ2n) is 5.94. The molecule has 2 rings (SSSR count). The van der Waals surface area contributed by atoms with Crippen molar-refractivity contribution in [2.24, 2.45) is 5.92 Å². The Balaban J connectivity index is 1.87. The number of likely N-dealkylation sites (N-methyl/N-ethyl adjacent to an activating group) is 1. The van der Waals surface area contributed by atoms with Crippen LogP contribution in [0.25, 0.3) is 0 Å². The zero-order valence-corrected chi connectivity index (χ0v) is 13.2. The number of carboxylic acids is 1. The Morgan fingerprint density at radius 2 is 1.78 bits per heavy atom. The van der Waals surface area contributed by atoms with Gasteiger partial charge in [0.15, 0.2) is 0 Å². The van der Waals surface area contributed by atoms with Crippen LogP contribution < -0.4 is 5.32 Å². The molecule has 1 atom stereocenters. The molecule has 7 nitrogen and oxygen atoms in total. The minimum Gasteiger partial charge on any atom is -0.508 e. The average molecular weight is 321 g/mol. The first-order valence-electron chi connectivity index (χ1n) is 7.66. The third kappa shape index (κ3) is 5.54. The summed E-state index contributed by atoms with van der Waals surface area (Å²) in [7, 11) is 2.04. The highest BCUT2D eigenvalue weighted by atomic mass is 16.4. The number of piperazine rings is 1. The summed E-state index contributed by atoms with van der Waals surface area (Å²) < 4.78 is 0. The Hall–Kier alpha value is -2.12. The maximum atomic E-state index is 12.0. The van der Waals surface area contributed by atoms with Crippen molar-refractivity contribution in [3.63, 3.8) is 0 Å². The molecule has 0 aromatic heterocycles. The van der Waals surface area contributed by atoms with E-state index in [4.69, 9.17) is 0 Å². The van der Waals surface area contributed by atoms with Gasteiger partial charge in [-0.1, -0.05) is 0 Å². The van der Waals surface area contributed by atoms with Gasteiger partial charge in [-0.15, -0.1) is 0 Å². The van der Waals surface area contributed by atoms with Crippen LogP contribution in [-0.4, -0.2) is 71.7 Å². The number of anilines is 1. The monoisotopic (exact) mass is 321 g/mol. The second kappa shape index (κ2) is 7.94. The van der Waals surface area contributed by atoms with Crippen LogP contribution in [0.5, 0.6) is 5.75 Å². The molecule has 1 heterocycles. The van der Waals surface area contributed by atoms with Crippen molar-refractivity contribution < 1.29 is 19.8 Å². The maximum absolute atomic E-state index is 12.0. The van der Waals surface area contributed by atoms with E-state index in [0.717, 1.165) is 26.2 Å². The molecule has 23 heavy (non-hydrogen) atoms. The third-order valence-corrected chi connectivity index (χ3v) is 4.01. The van der Waals surface area contributed by atoms with Crippen LogP contribution in [0.2, 0.25) is 0 Å². The van der Waals surface area contributed by atoms with Crippen LogP contribution >= 0.6 is 0 Å². The normalized spacial score (nSPS) is 17.6. The van der Waals surface area contributed by atoms with Gasteiger partial charge in [0.25, 0.3) is 0 Å². The van der Waals surface area contributed by atoms with E-state index in [1.165, 1.54) is 12.1 Å². The molecule has 1 amide bonds. The predicted molar refractivity (Wildman–Crippen MR) is 86.4 cm³/mol. The highest BCUT2D eigenvalue weighted by molar-refractivity contribution is 5.93. The van der Waals surface area contributed by atoms with Crippen LogP contribution in [0.1, 0.15) is 6.42 Å². The molecule has 126 valence electrons. The number of carbonyl (C=O) groups is 2. The summed E-state index contributed by atoms with van der Waals surface area (Å²) in [4.78, 5) is 27.8. The summed E-state index contributed by atoms with van der Waals surface area (Å²) in [5, 5.41) is 21.2. The van der Waals surface area contributed by atoms with Gasteiger partial charge < -0.3 is 20.4 Å². The molecule has 0 spiro atoms. The van der Waals surface area contributed by atoms with E-state index < -0.39 is 11.9 Å². The van der Waals surface area contributed by atoms with E-state index in [0.29, 0.717) is 12.2 Å². The number of phenolic OH excluding ortho intramolecular Hbond substituents is 1. The van der Waals surface area contributed by atoms with Crippen LogP contribution in [0.15, 0.2) is 24.3 Å². The lowest BCUT2D eigenvalue weighted by molar-refractivity contribution is -0.144. The number of phenols is 1. The minimum atomic E-state index is -0.954. The summed E-state index contributed by atoms with van der Waals surface area (Å²) in [6, 6.07) is 6.08. The molecule has 1 fully saturated rings. The van der Waals surface area contributed by atoms with Crippen molar-refractivity contribution >= 4 is 17.6 Å². The molecule has 0 aliphatic carbocycles. The molecule has 1 aliphatic rings. The molecule has 1 aromatic rings. The van der Waals surface area contributed by atoms with E-state index in [1.54, 1.807) is 12.1 Å². The largest absolute Gasteiger partial charge is 0.508 e. The molecule has 7 heteroatoms. The smallest absolute Gasteiger partial charge is 0.308 e. The lowest BCUT2D eigenvalue weighted by atomic mass is 10.0. The van der Waals surface area contributed by atoms with Gasteiger partial charge >= 0.3 is 5.97 Å². The Morgan fingerprint density at radius 1 is 1.17 bits per heavy atom. The number of carboxylic acid groups (broad SMARTS) is 1. The van der Waals surface area contributed by atoms with Gasteiger partial charge in [-0.3, -0.25) is 14.5 Å². The zero-order valence-electron chi connectivity index (χ0n) is 13.2. The molecule has 1 aliphatic heterocycles. The summed E-state index contributed by atoms with van der Waals surface area (Å²) >= 11 is 0. The molecular formula is C16H23N3O4. The number of benzene rings is 1. The van der Waals surface area contributed by atoms with Crippen LogP contribution in [0, 0.1) is 5.92 Å². The number of hydrogen-bond donors (Lipinski definition) is 3. The highest BCUT2D eigenvalue weighted by Gasteiger charge is 2.25. The summed E-state index contributed by atoms with van der Waals surface area (Å²) in [6.45, 7) is 3.84. The summed E-state index contributed by atoms with van der Waals surface area (Å²) in [5.41, 5.74) is 0.538. The number of amides is 1. The fourth-order valence-corrected chi connectivity index (χ4v) is 2.55. The average Bonchev–Trinajstić information content (AvgIpc) is 2.51. The van der Waals surface area contributed by atoms with Gasteiger partial charge in [-0.05, 0) is 31.3 Å². The van der Waals surface area contributed by atoms with Gasteiger partial charge in [0, 0.05) is 44.8 Å². The number of rotatable bonds is 6. The molecule has 1 saturated heterocycles. The first kappa shape index (κ1) is 17.2. The van der Waals surface area contributed by atoms with Gasteiger partial charge in [-0.2, -0.15) is 0 Å². The Bertz CT molecular complexity index is 539. The molecule has 0 unspecified atom stereocenters. The van der Waals surface area contributed by atoms with Crippen LogP contribution in [-0.2, 0) is 9.59 Å². The van der Waals surface area contributed by atoms with Crippen molar-refractivity contribution in [1.82, 2.24) is 9.80 Å². The van der Waals surface area contributed by atoms with Crippen molar-refractivity contribution in [3.8, 4) is 5.75 Å². The number of nitrogens with zero attached hydrogens (tertiary/aromatic N) is 2. The van der Waals surface area contributed by atoms with Gasteiger partial charge in [0.2, 0.25) is 5.91 Å². The zero-order chi connectivity index (χ0) is 16.8. The Kier molecular flexibility index (Phi) is 5.95. The number of aliphatic carboxylic acids is 1. The van der Waals surface area contributed by atoms with E-state index >= 15 is 0 Å². The molecule has 0 bridgehead atoms. The van der Waals surface area contributed by atoms with Gasteiger partial charge in [0.1, 0.15) is 5.75 Å². The molecule has 1 aromatic carbocycles. The van der Waals surface area contributed by atoms with Gasteiger partial charge in [-0.25, -0.2) is 0 Å². The maximum Gasteiger partial charge on any atom is 0.308 e. The predicted octanol–water partition coefficient (Wildman–Crippen LogP) is 0.669. The molecule has 3 N–H and O–H groups in total. The number of nitrogens with one attached hydrogen (secondary N) is 1. The first-order chi connectivity index (χ1) is 10.9. The molecule has 0 saturated carbocycles. The van der Waals surface area contributed by atoms with Crippen molar-refractivity contribution in [2.45, 2.75) is 6.42 Å². The Labute approximate surface area is 135 Å². The van der Waals surface area contributed by atoms with Crippen molar-refractivity contribution in [1.29, 1.82) is 0 Å². The Morgan fingerprint density at radius 3 is 2.35 bits per heavy atom. The van der Waals surface area contributed by atoms with E-state index in [1.807, 2.05) is 7.05 Å². The number of aromatic hydroxyl groups is 1. The highest BCUT2D eigenvalue weighted by Crippen LogP contribution is 2.15. The summed E-state index contributed by atoms with van der Waals surface area (Å²) in [6.07, 6.45) is -0.0669. The van der Waals surface area contributed by atoms with Gasteiger partial charge in [0.05, 0.1) is 5.92 Å². The quantitative estimate of drug-likeness (QED) is 0.667. The summed E-state index contributed by atoms with van der Waals surface area (Å²) in [5.74, 6) is -1.90. The van der Waals surface area contributed by atoms with Crippen molar-refractivity contribution in [2.75, 3.05) is 45.1 Å². The number of carbonyl (C=O) groups excluding carboxylic acids is 1. The minimum absolute atomic E-state index is 0.0669. The fraction of sp³-hybridized carbons (Fsp3) is 0.500. The lowest BCUT2D eigenvalue weighted by Crippen LogP contribution is -2.47. The van der Waals surface area contributed by atoms with E-state index in [-0.39, 0.29) is 18.1 Å². The number of hydrogen-bond acceptors (Lipinski definition) is 5. The van der Waals surface area contributed by atoms with Crippen molar-refractivity contribution in [3.05, 3.63) is 24.3 Å². The third-order valence-electron chi connectivity index (χ3n) is 4.01. The molecular weight excluding hydrogens is 298 g/mol. The standard InChI is InChI=1S/C16H23N3O4/c1-18-6-8-19(9-7-18)11-12(16(22)23)10-15(21)17-13-2-4-14(20)5-3-13/h2-5,12,20H,6-11H2,1H3,(H,17,21)(H,22,23)/t12-/m0/s1. The van der Waals surface area contributed by atoms with E-state index in [9.17, 15) is 19.8 Å². The SMILES string of the molecule is CN1CCN(C[C@H](CC(=O)Nc2ccc(O)cc2)C(=O)O)CC1. The second-order valence-corrected chi connectivity index (χ2v) is 5.94. The van der Waals surface area contributed by atoms with E-state index in [2.05, 4.69) is 15.1 Å². The van der Waals surface area contributed by atoms with Crippen LogP contribution in [0.3, 0.4) is 0 Å². The fourth-order valence-electron chi connectivity index (χ4n) is 2.55. The van der Waals surface area contributed by atoms with Crippen LogP contribution in [0.4, 0.5) is 5.69 Å².